The number of carbonyl (C=O) groups is 1. The monoisotopic (exact) mass is 363 g/mol. The van der Waals surface area contributed by atoms with E-state index in [0.717, 1.165) is 52.1 Å². The van der Waals surface area contributed by atoms with Crippen LogP contribution in [0.5, 0.6) is 0 Å². The zero-order chi connectivity index (χ0) is 18.7. The van der Waals surface area contributed by atoms with E-state index in [-0.39, 0.29) is 12.5 Å². The molecular formula is C18H29N5O3. The molecule has 26 heavy (non-hydrogen) atoms. The number of amides is 1. The molecule has 1 atom stereocenters. The summed E-state index contributed by atoms with van der Waals surface area (Å²) in [6, 6.07) is 1.81. The lowest BCUT2D eigenvalue weighted by Gasteiger charge is -2.42. The van der Waals surface area contributed by atoms with E-state index in [9.17, 15) is 14.4 Å². The number of piperidine rings is 1. The van der Waals surface area contributed by atoms with E-state index in [1.54, 1.807) is 0 Å². The predicted molar refractivity (Wildman–Crippen MR) is 99.2 cm³/mol. The van der Waals surface area contributed by atoms with Gasteiger partial charge in [0.05, 0.1) is 0 Å². The van der Waals surface area contributed by atoms with Crippen LogP contribution in [0.15, 0.2) is 21.9 Å². The van der Waals surface area contributed by atoms with Gasteiger partial charge in [-0.3, -0.25) is 24.0 Å². The third-order valence-electron chi connectivity index (χ3n) is 5.89. The first-order valence-electron chi connectivity index (χ1n) is 9.44. The minimum absolute atomic E-state index is 0.0196. The molecule has 0 bridgehead atoms. The number of piperazine rings is 1. The molecule has 2 saturated heterocycles. The van der Waals surface area contributed by atoms with E-state index in [1.165, 1.54) is 16.8 Å². The molecule has 3 heterocycles. The van der Waals surface area contributed by atoms with Crippen LogP contribution in [-0.2, 0) is 11.3 Å². The Kier molecular flexibility index (Phi) is 5.93. The van der Waals surface area contributed by atoms with Crippen LogP contribution in [0.25, 0.3) is 0 Å². The maximum Gasteiger partial charge on any atom is 0.328 e. The van der Waals surface area contributed by atoms with Crippen LogP contribution in [0.1, 0.15) is 19.8 Å². The molecule has 1 aromatic heterocycles. The van der Waals surface area contributed by atoms with Crippen molar-refractivity contribution < 1.29 is 4.79 Å². The fourth-order valence-corrected chi connectivity index (χ4v) is 3.97. The summed E-state index contributed by atoms with van der Waals surface area (Å²) in [6.07, 6.45) is 3.38. The zero-order valence-corrected chi connectivity index (χ0v) is 15.7. The van der Waals surface area contributed by atoms with Crippen molar-refractivity contribution in [2.24, 2.45) is 5.92 Å². The zero-order valence-electron chi connectivity index (χ0n) is 15.7. The molecule has 0 aliphatic carbocycles. The summed E-state index contributed by atoms with van der Waals surface area (Å²) >= 11 is 0. The average molecular weight is 363 g/mol. The quantitative estimate of drug-likeness (QED) is 0.773. The molecule has 8 nitrogen and oxygen atoms in total. The second-order valence-corrected chi connectivity index (χ2v) is 7.54. The molecule has 144 valence electrons. The van der Waals surface area contributed by atoms with Gasteiger partial charge in [0.1, 0.15) is 6.54 Å². The molecule has 2 aliphatic rings. The van der Waals surface area contributed by atoms with Gasteiger partial charge < -0.3 is 9.80 Å². The molecular weight excluding hydrogens is 334 g/mol. The van der Waals surface area contributed by atoms with Crippen molar-refractivity contribution in [2.45, 2.75) is 32.4 Å². The second-order valence-electron chi connectivity index (χ2n) is 7.54. The van der Waals surface area contributed by atoms with Gasteiger partial charge in [0.2, 0.25) is 5.91 Å². The predicted octanol–water partition coefficient (Wildman–Crippen LogP) is -0.589. The van der Waals surface area contributed by atoms with Crippen molar-refractivity contribution in [1.82, 2.24) is 24.3 Å². The van der Waals surface area contributed by atoms with Gasteiger partial charge in [0.15, 0.2) is 0 Å². The molecule has 0 unspecified atom stereocenters. The number of aromatic amines is 1. The number of rotatable bonds is 4. The molecule has 3 rings (SSSR count). The first-order valence-corrected chi connectivity index (χ1v) is 9.44. The number of hydrogen-bond acceptors (Lipinski definition) is 5. The molecule has 8 heteroatoms. The maximum atomic E-state index is 12.5. The van der Waals surface area contributed by atoms with Crippen molar-refractivity contribution in [1.29, 1.82) is 0 Å². The Labute approximate surface area is 153 Å². The topological polar surface area (TPSA) is 81.6 Å². The normalized spacial score (nSPS) is 21.7. The van der Waals surface area contributed by atoms with Gasteiger partial charge in [0, 0.05) is 57.6 Å². The maximum absolute atomic E-state index is 12.5. The van der Waals surface area contributed by atoms with E-state index < -0.39 is 11.2 Å². The number of nitrogens with zero attached hydrogens (tertiary/aromatic N) is 4. The number of carbonyl (C=O) groups excluding carboxylic acids is 1. The van der Waals surface area contributed by atoms with Crippen molar-refractivity contribution >= 4 is 5.91 Å². The number of H-pyrrole nitrogens is 1. The highest BCUT2D eigenvalue weighted by Gasteiger charge is 2.30. The SMILES string of the molecule is C[C@H](C1CCN(C(=O)Cn2ccc(=O)[nH]c2=O)CC1)N1CCN(C)CC1. The van der Waals surface area contributed by atoms with Gasteiger partial charge in [-0.25, -0.2) is 4.79 Å². The van der Waals surface area contributed by atoms with Crippen molar-refractivity contribution in [3.05, 3.63) is 33.1 Å². The third kappa shape index (κ3) is 4.42. The van der Waals surface area contributed by atoms with Crippen molar-refractivity contribution in [3.8, 4) is 0 Å². The van der Waals surface area contributed by atoms with Gasteiger partial charge in [-0.15, -0.1) is 0 Å². The van der Waals surface area contributed by atoms with Crippen LogP contribution in [0, 0.1) is 5.92 Å². The first-order chi connectivity index (χ1) is 12.4. The van der Waals surface area contributed by atoms with Crippen LogP contribution < -0.4 is 11.2 Å². The van der Waals surface area contributed by atoms with Crippen molar-refractivity contribution in [2.75, 3.05) is 46.3 Å². The molecule has 1 N–H and O–H groups in total. The highest BCUT2D eigenvalue weighted by atomic mass is 16.2. The van der Waals surface area contributed by atoms with E-state index in [0.29, 0.717) is 12.0 Å². The Morgan fingerprint density at radius 3 is 2.42 bits per heavy atom. The molecule has 0 radical (unpaired) electrons. The number of hydrogen-bond donors (Lipinski definition) is 1. The standard InChI is InChI=1S/C18H29N5O3/c1-14(21-11-9-20(2)10-12-21)15-3-6-22(7-4-15)17(25)13-23-8-5-16(24)19-18(23)26/h5,8,14-15H,3-4,6-7,9-13H2,1-2H3,(H,19,24,26)/t14-/m1/s1. The summed E-state index contributed by atoms with van der Waals surface area (Å²) in [5.41, 5.74) is -0.984. The van der Waals surface area contributed by atoms with E-state index in [2.05, 4.69) is 28.8 Å². The van der Waals surface area contributed by atoms with Crippen molar-refractivity contribution in [3.63, 3.8) is 0 Å². The summed E-state index contributed by atoms with van der Waals surface area (Å²) in [4.78, 5) is 44.3. The molecule has 2 aliphatic heterocycles. The fraction of sp³-hybridized carbons (Fsp3) is 0.722. The summed E-state index contributed by atoms with van der Waals surface area (Å²) in [6.45, 7) is 8.24. The molecule has 1 aromatic rings. The smallest absolute Gasteiger partial charge is 0.328 e. The number of nitrogens with one attached hydrogen (secondary N) is 1. The van der Waals surface area contributed by atoms with E-state index >= 15 is 0 Å². The summed E-state index contributed by atoms with van der Waals surface area (Å²) < 4.78 is 1.25. The summed E-state index contributed by atoms with van der Waals surface area (Å²) in [7, 11) is 2.17. The van der Waals surface area contributed by atoms with Gasteiger partial charge in [0.25, 0.3) is 5.56 Å². The molecule has 1 amide bonds. The average Bonchev–Trinajstić information content (AvgIpc) is 2.64. The van der Waals surface area contributed by atoms with E-state index in [1.807, 2.05) is 4.90 Å². The Morgan fingerprint density at radius 1 is 1.15 bits per heavy atom. The fourth-order valence-electron chi connectivity index (χ4n) is 3.97. The van der Waals surface area contributed by atoms with Gasteiger partial charge in [-0.2, -0.15) is 0 Å². The number of likely N-dealkylation sites (tertiary alicyclic amines) is 1. The summed E-state index contributed by atoms with van der Waals surface area (Å²) in [5, 5.41) is 0. The Balaban J connectivity index is 1.50. The van der Waals surface area contributed by atoms with Crippen LogP contribution in [-0.4, -0.2) is 82.5 Å². The van der Waals surface area contributed by atoms with Crippen LogP contribution in [0.3, 0.4) is 0 Å². The van der Waals surface area contributed by atoms with Crippen LogP contribution in [0.2, 0.25) is 0 Å². The van der Waals surface area contributed by atoms with Gasteiger partial charge >= 0.3 is 5.69 Å². The second kappa shape index (κ2) is 8.18. The molecule has 0 aromatic carbocycles. The number of likely N-dealkylation sites (N-methyl/N-ethyl adjacent to an activating group) is 1. The minimum Gasteiger partial charge on any atom is -0.341 e. The molecule has 0 spiro atoms. The number of aromatic nitrogens is 2. The van der Waals surface area contributed by atoms with Gasteiger partial charge in [-0.1, -0.05) is 0 Å². The molecule has 0 saturated carbocycles. The third-order valence-corrected chi connectivity index (χ3v) is 5.89. The molecule has 2 fully saturated rings. The Morgan fingerprint density at radius 2 is 1.81 bits per heavy atom. The Bertz CT molecular complexity index is 727. The lowest BCUT2D eigenvalue weighted by Crippen LogP contribution is -2.52. The van der Waals surface area contributed by atoms with Crippen LogP contribution in [0.4, 0.5) is 0 Å². The van der Waals surface area contributed by atoms with Gasteiger partial charge in [-0.05, 0) is 32.7 Å². The Hall–Kier alpha value is -1.93. The minimum atomic E-state index is -0.538. The highest BCUT2D eigenvalue weighted by Crippen LogP contribution is 2.25. The highest BCUT2D eigenvalue weighted by molar-refractivity contribution is 5.76. The summed E-state index contributed by atoms with van der Waals surface area (Å²) in [5.74, 6) is 0.545. The largest absolute Gasteiger partial charge is 0.341 e. The lowest BCUT2D eigenvalue weighted by molar-refractivity contribution is -0.133. The first kappa shape index (κ1) is 18.8. The van der Waals surface area contributed by atoms with E-state index in [4.69, 9.17) is 0 Å². The van der Waals surface area contributed by atoms with Crippen LogP contribution >= 0.6 is 0 Å². The lowest BCUT2D eigenvalue weighted by atomic mass is 9.89.